The van der Waals surface area contributed by atoms with E-state index in [0.717, 1.165) is 33.7 Å². The van der Waals surface area contributed by atoms with Crippen molar-refractivity contribution in [3.63, 3.8) is 0 Å². The van der Waals surface area contributed by atoms with Crippen LogP contribution < -0.4 is 0 Å². The fourth-order valence-corrected chi connectivity index (χ4v) is 5.08. The van der Waals surface area contributed by atoms with Gasteiger partial charge in [-0.3, -0.25) is 9.48 Å². The maximum absolute atomic E-state index is 13.8. The van der Waals surface area contributed by atoms with Crippen molar-refractivity contribution in [2.45, 2.75) is 32.0 Å². The summed E-state index contributed by atoms with van der Waals surface area (Å²) in [6.07, 6.45) is 0.845. The van der Waals surface area contributed by atoms with Gasteiger partial charge in [-0.1, -0.05) is 18.2 Å². The van der Waals surface area contributed by atoms with Crippen LogP contribution in [0.4, 0.5) is 18.0 Å². The number of aliphatic imine (C=N–C) groups is 1. The number of carbonyl (C=O) groups excluding carboxylic acids is 1. The molecule has 0 bridgehead atoms. The van der Waals surface area contributed by atoms with Gasteiger partial charge in [0, 0.05) is 11.6 Å². The molecule has 174 valence electrons. The number of benzene rings is 2. The Labute approximate surface area is 202 Å². The zero-order chi connectivity index (χ0) is 24.7. The van der Waals surface area contributed by atoms with E-state index in [0.29, 0.717) is 16.1 Å². The average Bonchev–Trinajstić information content (AvgIpc) is 3.34. The van der Waals surface area contributed by atoms with Gasteiger partial charge in [-0.2, -0.15) is 28.5 Å². The van der Waals surface area contributed by atoms with Gasteiger partial charge >= 0.3 is 11.4 Å². The van der Waals surface area contributed by atoms with Gasteiger partial charge < -0.3 is 0 Å². The van der Waals surface area contributed by atoms with Crippen LogP contribution in [0.25, 0.3) is 17.0 Å². The molecule has 0 spiro atoms. The Morgan fingerprint density at radius 2 is 1.97 bits per heavy atom. The van der Waals surface area contributed by atoms with Crippen molar-refractivity contribution >= 4 is 50.8 Å². The summed E-state index contributed by atoms with van der Waals surface area (Å²) in [6.45, 7) is 3.10. The highest BCUT2D eigenvalue weighted by molar-refractivity contribution is 8.24. The summed E-state index contributed by atoms with van der Waals surface area (Å²) in [6, 6.07) is 11.6. The SMILES string of the molecule is CSC1=NC(=O)S/C1=C\c1ccc2nn(Cc3ccc(C(C)(C)C#N)cc3C(F)(F)F)cc2c1. The summed E-state index contributed by atoms with van der Waals surface area (Å²) in [5.41, 5.74) is 0.0574. The maximum Gasteiger partial charge on any atom is 0.416 e. The van der Waals surface area contributed by atoms with Crippen LogP contribution >= 0.6 is 23.5 Å². The first-order valence-corrected chi connectivity index (χ1v) is 12.2. The number of fused-ring (bicyclic) bond motifs is 1. The van der Waals surface area contributed by atoms with Crippen molar-refractivity contribution in [2.75, 3.05) is 6.26 Å². The Kier molecular flexibility index (Phi) is 6.36. The molecule has 10 heteroatoms. The summed E-state index contributed by atoms with van der Waals surface area (Å²) in [7, 11) is 0. The van der Waals surface area contributed by atoms with Crippen molar-refractivity contribution in [1.29, 1.82) is 5.26 Å². The molecule has 0 aliphatic carbocycles. The molecule has 1 aromatic heterocycles. The summed E-state index contributed by atoms with van der Waals surface area (Å²) in [5.74, 6) is 0. The Hall–Kier alpha value is -3.03. The fraction of sp³-hybridized carbons (Fsp3) is 0.250. The molecule has 1 amide bonds. The van der Waals surface area contributed by atoms with Gasteiger partial charge in [0.2, 0.25) is 0 Å². The van der Waals surface area contributed by atoms with Crippen molar-refractivity contribution in [3.8, 4) is 6.07 Å². The second-order valence-electron chi connectivity index (χ2n) is 8.25. The van der Waals surface area contributed by atoms with Gasteiger partial charge in [0.25, 0.3) is 0 Å². The third-order valence-corrected chi connectivity index (χ3v) is 7.04. The van der Waals surface area contributed by atoms with E-state index >= 15 is 0 Å². The normalized spacial score (nSPS) is 15.7. The molecular weight excluding hydrogens is 481 g/mol. The van der Waals surface area contributed by atoms with Crippen LogP contribution in [0.2, 0.25) is 0 Å². The molecule has 0 unspecified atom stereocenters. The number of hydrogen-bond acceptors (Lipinski definition) is 5. The van der Waals surface area contributed by atoms with Crippen molar-refractivity contribution in [1.82, 2.24) is 9.78 Å². The van der Waals surface area contributed by atoms with E-state index < -0.39 is 17.2 Å². The third kappa shape index (κ3) is 4.91. The van der Waals surface area contributed by atoms with Crippen LogP contribution in [0.15, 0.2) is 52.5 Å². The number of rotatable bonds is 4. The Balaban J connectivity index is 1.66. The molecular formula is C24H19F3N4OS2. The zero-order valence-corrected chi connectivity index (χ0v) is 20.1. The van der Waals surface area contributed by atoms with Crippen molar-refractivity contribution in [3.05, 3.63) is 69.8 Å². The first-order valence-electron chi connectivity index (χ1n) is 10.2. The number of thioether (sulfide) groups is 2. The molecule has 0 saturated carbocycles. The van der Waals surface area contributed by atoms with Crippen LogP contribution in [-0.2, 0) is 18.1 Å². The van der Waals surface area contributed by atoms with Gasteiger partial charge in [0.1, 0.15) is 5.04 Å². The average molecular weight is 501 g/mol. The number of alkyl halides is 3. The Morgan fingerprint density at radius 3 is 2.65 bits per heavy atom. The van der Waals surface area contributed by atoms with Crippen LogP contribution in [0, 0.1) is 11.3 Å². The van der Waals surface area contributed by atoms with E-state index in [1.165, 1.54) is 22.5 Å². The Bertz CT molecular complexity index is 1400. The van der Waals surface area contributed by atoms with Crippen molar-refractivity contribution < 1.29 is 18.0 Å². The number of carbonyl (C=O) groups is 1. The van der Waals surface area contributed by atoms with Gasteiger partial charge in [0.05, 0.1) is 34.0 Å². The zero-order valence-electron chi connectivity index (χ0n) is 18.5. The van der Waals surface area contributed by atoms with Crippen LogP contribution in [0.3, 0.4) is 0 Å². The number of aromatic nitrogens is 2. The lowest BCUT2D eigenvalue weighted by Crippen LogP contribution is -2.18. The fourth-order valence-electron chi connectivity index (χ4n) is 3.56. The largest absolute Gasteiger partial charge is 0.416 e. The number of nitrogens with zero attached hydrogens (tertiary/aromatic N) is 4. The lowest BCUT2D eigenvalue weighted by molar-refractivity contribution is -0.138. The molecule has 0 radical (unpaired) electrons. The monoisotopic (exact) mass is 500 g/mol. The molecule has 2 heterocycles. The predicted octanol–water partition coefficient (Wildman–Crippen LogP) is 6.87. The number of halogens is 3. The standard InChI is InChI=1S/C24H19F3N4OS2/c1-23(2,13-28)17-6-5-15(18(10-17)24(25,26)27)11-31-12-16-8-14(4-7-19(16)30-31)9-20-21(33-3)29-22(32)34-20/h4-10,12H,11H2,1-3H3/b20-9-. The number of hydrogen-bond donors (Lipinski definition) is 0. The molecule has 0 fully saturated rings. The highest BCUT2D eigenvalue weighted by atomic mass is 32.2. The molecule has 0 N–H and O–H groups in total. The molecule has 2 aromatic carbocycles. The molecule has 1 aliphatic rings. The first kappa shape index (κ1) is 24.1. The third-order valence-electron chi connectivity index (χ3n) is 5.42. The van der Waals surface area contributed by atoms with Crippen LogP contribution in [-0.4, -0.2) is 26.3 Å². The molecule has 1 aliphatic heterocycles. The van der Waals surface area contributed by atoms with E-state index in [9.17, 15) is 23.2 Å². The van der Waals surface area contributed by atoms with Crippen LogP contribution in [0.1, 0.15) is 36.1 Å². The second-order valence-corrected chi connectivity index (χ2v) is 10.0. The minimum absolute atomic E-state index is 0.0686. The minimum atomic E-state index is -4.56. The highest BCUT2D eigenvalue weighted by Crippen LogP contribution is 2.36. The van der Waals surface area contributed by atoms with Gasteiger partial charge in [-0.05, 0) is 72.8 Å². The lowest BCUT2D eigenvalue weighted by Gasteiger charge is -2.20. The summed E-state index contributed by atoms with van der Waals surface area (Å²) < 4.78 is 42.9. The van der Waals surface area contributed by atoms with Gasteiger partial charge in [0.15, 0.2) is 0 Å². The minimum Gasteiger partial charge on any atom is -0.267 e. The predicted molar refractivity (Wildman–Crippen MR) is 131 cm³/mol. The molecule has 3 aromatic rings. The lowest BCUT2D eigenvalue weighted by atomic mass is 9.84. The number of nitriles is 1. The highest BCUT2D eigenvalue weighted by Gasteiger charge is 2.35. The molecule has 0 atom stereocenters. The maximum atomic E-state index is 13.8. The molecule has 5 nitrogen and oxygen atoms in total. The molecule has 4 rings (SSSR count). The van der Waals surface area contributed by atoms with E-state index in [1.54, 1.807) is 32.2 Å². The second kappa shape index (κ2) is 8.96. The summed E-state index contributed by atoms with van der Waals surface area (Å²) in [4.78, 5) is 16.3. The Morgan fingerprint density at radius 1 is 1.21 bits per heavy atom. The summed E-state index contributed by atoms with van der Waals surface area (Å²) >= 11 is 2.46. The van der Waals surface area contributed by atoms with E-state index in [-0.39, 0.29) is 17.3 Å². The van der Waals surface area contributed by atoms with E-state index in [2.05, 4.69) is 10.1 Å². The van der Waals surface area contributed by atoms with E-state index in [4.69, 9.17) is 0 Å². The van der Waals surface area contributed by atoms with Crippen molar-refractivity contribution in [2.24, 2.45) is 4.99 Å². The first-order chi connectivity index (χ1) is 16.0. The smallest absolute Gasteiger partial charge is 0.267 e. The molecule has 0 saturated heterocycles. The topological polar surface area (TPSA) is 71.0 Å². The molecule has 34 heavy (non-hydrogen) atoms. The van der Waals surface area contributed by atoms with Gasteiger partial charge in [-0.15, -0.1) is 11.8 Å². The quantitative estimate of drug-likeness (QED) is 0.391. The summed E-state index contributed by atoms with van der Waals surface area (Å²) in [5, 5.41) is 14.9. The number of amides is 1. The van der Waals surface area contributed by atoms with Gasteiger partial charge in [-0.25, -0.2) is 0 Å². The van der Waals surface area contributed by atoms with E-state index in [1.807, 2.05) is 30.5 Å². The van der Waals surface area contributed by atoms with Crippen LogP contribution in [0.5, 0.6) is 0 Å².